The second-order valence-electron chi connectivity index (χ2n) is 4.36. The number of hydrogen-bond acceptors (Lipinski definition) is 3. The van der Waals surface area contributed by atoms with Crippen LogP contribution in [0.1, 0.15) is 26.7 Å². The molecule has 1 heterocycles. The van der Waals surface area contributed by atoms with Gasteiger partial charge in [0.15, 0.2) is 0 Å². The lowest BCUT2D eigenvalue weighted by Crippen LogP contribution is -2.35. The lowest BCUT2D eigenvalue weighted by Gasteiger charge is -2.30. The zero-order chi connectivity index (χ0) is 13.0. The summed E-state index contributed by atoms with van der Waals surface area (Å²) in [4.78, 5) is 2.51. The smallest absolute Gasteiger partial charge is 0.120 e. The highest BCUT2D eigenvalue weighted by atomic mass is 79.9. The molecule has 0 saturated carbocycles. The maximum Gasteiger partial charge on any atom is 0.120 e. The Kier molecular flexibility index (Phi) is 5.01. The number of fused-ring (bicyclic) bond motifs is 1. The number of nitrogens with zero attached hydrogens (tertiary/aromatic N) is 2. The molecule has 4 heteroatoms. The van der Waals surface area contributed by atoms with Gasteiger partial charge in [0.25, 0.3) is 0 Å². The van der Waals surface area contributed by atoms with Gasteiger partial charge in [-0.3, -0.25) is 0 Å². The minimum Gasteiger partial charge on any atom is -0.358 e. The van der Waals surface area contributed by atoms with E-state index in [2.05, 4.69) is 63.3 Å². The van der Waals surface area contributed by atoms with E-state index >= 15 is 0 Å². The van der Waals surface area contributed by atoms with Crippen LogP contribution in [0.2, 0.25) is 0 Å². The molecule has 1 aromatic carbocycles. The van der Waals surface area contributed by atoms with Gasteiger partial charge in [-0.2, -0.15) is 4.37 Å². The Labute approximate surface area is 121 Å². The summed E-state index contributed by atoms with van der Waals surface area (Å²) in [6.07, 6.45) is 2.35. The van der Waals surface area contributed by atoms with E-state index in [-0.39, 0.29) is 0 Å². The van der Waals surface area contributed by atoms with Gasteiger partial charge in [-0.25, -0.2) is 0 Å². The van der Waals surface area contributed by atoms with Gasteiger partial charge in [-0.05, 0) is 36.5 Å². The molecule has 0 amide bonds. The van der Waals surface area contributed by atoms with E-state index in [0.717, 1.165) is 17.4 Å². The normalized spacial score (nSPS) is 11.3. The fourth-order valence-corrected chi connectivity index (χ4v) is 3.70. The quantitative estimate of drug-likeness (QED) is 0.716. The number of hydrogen-bond donors (Lipinski definition) is 0. The third kappa shape index (κ3) is 2.69. The molecule has 0 spiro atoms. The minimum absolute atomic E-state index is 0.603. The van der Waals surface area contributed by atoms with E-state index < -0.39 is 0 Å². The molecule has 2 nitrogen and oxygen atoms in total. The summed E-state index contributed by atoms with van der Waals surface area (Å²) in [5, 5.41) is 3.60. The van der Waals surface area contributed by atoms with Crippen LogP contribution in [0.3, 0.4) is 0 Å². The Balaban J connectivity index is 2.41. The summed E-state index contributed by atoms with van der Waals surface area (Å²) in [6.45, 7) is 5.57. The van der Waals surface area contributed by atoms with E-state index in [4.69, 9.17) is 0 Å². The first-order valence-corrected chi connectivity index (χ1v) is 8.38. The summed E-state index contributed by atoms with van der Waals surface area (Å²) in [7, 11) is 0. The number of alkyl halides is 1. The summed E-state index contributed by atoms with van der Waals surface area (Å²) in [6, 6.07) is 9.02. The number of aromatic nitrogens is 1. The van der Waals surface area contributed by atoms with Crippen LogP contribution in [-0.2, 0) is 0 Å². The monoisotopic (exact) mass is 326 g/mol. The molecule has 0 aliphatic rings. The van der Waals surface area contributed by atoms with Crippen LogP contribution in [0.25, 0.3) is 10.9 Å². The van der Waals surface area contributed by atoms with Crippen molar-refractivity contribution in [3.05, 3.63) is 24.3 Å². The average molecular weight is 327 g/mol. The maximum atomic E-state index is 4.56. The Morgan fingerprint density at radius 1 is 1.28 bits per heavy atom. The fraction of sp³-hybridized carbons (Fsp3) is 0.500. The fourth-order valence-electron chi connectivity index (χ4n) is 2.35. The van der Waals surface area contributed by atoms with E-state index in [9.17, 15) is 0 Å². The molecule has 2 rings (SSSR count). The second-order valence-corrected chi connectivity index (χ2v) is 5.90. The third-order valence-electron chi connectivity index (χ3n) is 3.33. The molecule has 18 heavy (non-hydrogen) atoms. The van der Waals surface area contributed by atoms with E-state index in [1.165, 1.54) is 23.2 Å². The van der Waals surface area contributed by atoms with E-state index in [1.807, 2.05) is 0 Å². The summed E-state index contributed by atoms with van der Waals surface area (Å²) < 4.78 is 4.56. The summed E-state index contributed by atoms with van der Waals surface area (Å²) >= 11 is 5.19. The molecule has 98 valence electrons. The van der Waals surface area contributed by atoms with Gasteiger partial charge < -0.3 is 4.90 Å². The standard InChI is InChI=1S/C14H19BrN2S/c1-3-11(4-2)17(10-9-15)14-12-7-5-6-8-13(12)16-18-14/h5-8,11H,3-4,9-10H2,1-2H3. The zero-order valence-electron chi connectivity index (χ0n) is 10.9. The second kappa shape index (κ2) is 6.53. The van der Waals surface area contributed by atoms with Crippen LogP contribution in [0.15, 0.2) is 24.3 Å². The van der Waals surface area contributed by atoms with Crippen LogP contribution in [0.4, 0.5) is 5.00 Å². The SMILES string of the molecule is CCC(CC)N(CCBr)c1snc2ccccc12. The summed E-state index contributed by atoms with van der Waals surface area (Å²) in [5.41, 5.74) is 1.11. The molecule has 0 aliphatic heterocycles. The highest BCUT2D eigenvalue weighted by Crippen LogP contribution is 2.33. The predicted molar refractivity (Wildman–Crippen MR) is 85.1 cm³/mol. The van der Waals surface area contributed by atoms with Crippen molar-refractivity contribution in [1.82, 2.24) is 4.37 Å². The van der Waals surface area contributed by atoms with Crippen molar-refractivity contribution in [2.75, 3.05) is 16.8 Å². The molecule has 0 unspecified atom stereocenters. The van der Waals surface area contributed by atoms with Crippen LogP contribution >= 0.6 is 27.5 Å². The van der Waals surface area contributed by atoms with Crippen molar-refractivity contribution in [3.63, 3.8) is 0 Å². The zero-order valence-corrected chi connectivity index (χ0v) is 13.3. The van der Waals surface area contributed by atoms with Gasteiger partial charge in [0.2, 0.25) is 0 Å². The Morgan fingerprint density at radius 2 is 2.00 bits per heavy atom. The molecule has 0 aliphatic carbocycles. The van der Waals surface area contributed by atoms with Gasteiger partial charge in [0.1, 0.15) is 5.00 Å². The number of anilines is 1. The lowest BCUT2D eigenvalue weighted by molar-refractivity contribution is 0.573. The Morgan fingerprint density at radius 3 is 2.67 bits per heavy atom. The molecule has 2 aromatic rings. The average Bonchev–Trinajstić information content (AvgIpc) is 2.83. The highest BCUT2D eigenvalue weighted by Gasteiger charge is 2.19. The lowest BCUT2D eigenvalue weighted by atomic mass is 10.1. The maximum absolute atomic E-state index is 4.56. The van der Waals surface area contributed by atoms with Crippen molar-refractivity contribution in [2.45, 2.75) is 32.7 Å². The van der Waals surface area contributed by atoms with Crippen LogP contribution in [0, 0.1) is 0 Å². The minimum atomic E-state index is 0.603. The van der Waals surface area contributed by atoms with Crippen LogP contribution in [-0.4, -0.2) is 22.3 Å². The Bertz CT molecular complexity index is 493. The first kappa shape index (κ1) is 13.8. The van der Waals surface area contributed by atoms with E-state index in [1.54, 1.807) is 11.5 Å². The Hall–Kier alpha value is -0.610. The van der Waals surface area contributed by atoms with Gasteiger partial charge in [-0.15, -0.1) is 0 Å². The van der Waals surface area contributed by atoms with Crippen LogP contribution < -0.4 is 4.90 Å². The van der Waals surface area contributed by atoms with Gasteiger partial charge in [-0.1, -0.05) is 41.9 Å². The van der Waals surface area contributed by atoms with Crippen molar-refractivity contribution >= 4 is 43.4 Å². The first-order valence-electron chi connectivity index (χ1n) is 6.48. The topological polar surface area (TPSA) is 16.1 Å². The number of halogens is 1. The highest BCUT2D eigenvalue weighted by molar-refractivity contribution is 9.09. The molecular weight excluding hydrogens is 308 g/mol. The van der Waals surface area contributed by atoms with Crippen molar-refractivity contribution in [1.29, 1.82) is 0 Å². The third-order valence-corrected chi connectivity index (χ3v) is 4.60. The number of benzene rings is 1. The molecular formula is C14H19BrN2S. The number of rotatable bonds is 6. The molecule has 1 aromatic heterocycles. The van der Waals surface area contributed by atoms with Crippen molar-refractivity contribution in [3.8, 4) is 0 Å². The van der Waals surface area contributed by atoms with Crippen molar-refractivity contribution in [2.24, 2.45) is 0 Å². The van der Waals surface area contributed by atoms with Crippen LogP contribution in [0.5, 0.6) is 0 Å². The molecule has 0 fully saturated rings. The molecule has 0 atom stereocenters. The van der Waals surface area contributed by atoms with E-state index in [0.29, 0.717) is 6.04 Å². The molecule has 0 saturated heterocycles. The molecule has 0 radical (unpaired) electrons. The summed E-state index contributed by atoms with van der Waals surface area (Å²) in [5.74, 6) is 0. The molecule has 0 N–H and O–H groups in total. The van der Waals surface area contributed by atoms with Gasteiger partial charge in [0, 0.05) is 23.3 Å². The van der Waals surface area contributed by atoms with Gasteiger partial charge >= 0.3 is 0 Å². The van der Waals surface area contributed by atoms with Crippen molar-refractivity contribution < 1.29 is 0 Å². The van der Waals surface area contributed by atoms with Gasteiger partial charge in [0.05, 0.1) is 5.52 Å². The molecule has 0 bridgehead atoms. The predicted octanol–water partition coefficient (Wildman–Crippen LogP) is 4.69. The largest absolute Gasteiger partial charge is 0.358 e. The first-order chi connectivity index (χ1) is 8.81.